The van der Waals surface area contributed by atoms with Gasteiger partial charge in [0.15, 0.2) is 0 Å². The highest BCUT2D eigenvalue weighted by Crippen LogP contribution is 2.25. The molecule has 2 rings (SSSR count). The minimum atomic E-state index is -0.238. The van der Waals surface area contributed by atoms with Crippen LogP contribution in [0.25, 0.3) is 0 Å². The van der Waals surface area contributed by atoms with Gasteiger partial charge in [-0.25, -0.2) is 0 Å². The molecule has 0 aliphatic heterocycles. The molecule has 1 aromatic carbocycles. The summed E-state index contributed by atoms with van der Waals surface area (Å²) in [4.78, 5) is 12.3. The fraction of sp³-hybridized carbons (Fsp3) is 0.500. The first-order chi connectivity index (χ1) is 9.09. The van der Waals surface area contributed by atoms with Crippen molar-refractivity contribution in [1.29, 1.82) is 0 Å². The van der Waals surface area contributed by atoms with Gasteiger partial charge in [0.05, 0.1) is 15.6 Å². The Hall–Kier alpha value is -0.770. The lowest BCUT2D eigenvalue weighted by Gasteiger charge is -2.23. The first-order valence-electron chi connectivity index (χ1n) is 6.60. The second-order valence-electron chi connectivity index (χ2n) is 4.98. The Balaban J connectivity index is 2.12. The Bertz CT molecular complexity index is 445. The number of rotatable bonds is 2. The molecule has 3 N–H and O–H groups in total. The number of nitrogens with one attached hydrogen (secondary N) is 1. The number of amides is 1. The molecule has 1 aromatic rings. The summed E-state index contributed by atoms with van der Waals surface area (Å²) in [6.45, 7) is 0. The molecule has 19 heavy (non-hydrogen) atoms. The molecule has 0 radical (unpaired) electrons. The largest absolute Gasteiger partial charge is 0.348 e. The van der Waals surface area contributed by atoms with E-state index in [2.05, 4.69) is 5.32 Å². The molecule has 104 valence electrons. The molecule has 1 aliphatic rings. The zero-order valence-corrected chi connectivity index (χ0v) is 12.2. The number of nitrogens with two attached hydrogens (primary N) is 1. The predicted molar refractivity (Wildman–Crippen MR) is 78.8 cm³/mol. The average molecular weight is 301 g/mol. The SMILES string of the molecule is NC1CCCCCC1NC(=O)c1c(Cl)cccc1Cl. The molecule has 0 bridgehead atoms. The van der Waals surface area contributed by atoms with Crippen LogP contribution in [-0.4, -0.2) is 18.0 Å². The van der Waals surface area contributed by atoms with Gasteiger partial charge in [-0.15, -0.1) is 0 Å². The number of carbonyl (C=O) groups is 1. The second-order valence-corrected chi connectivity index (χ2v) is 5.79. The highest BCUT2D eigenvalue weighted by molar-refractivity contribution is 6.39. The van der Waals surface area contributed by atoms with Crippen LogP contribution in [0.15, 0.2) is 18.2 Å². The zero-order valence-electron chi connectivity index (χ0n) is 10.7. The minimum Gasteiger partial charge on any atom is -0.348 e. The third kappa shape index (κ3) is 3.62. The summed E-state index contributed by atoms with van der Waals surface area (Å²) in [5.74, 6) is -0.238. The molecule has 0 heterocycles. The van der Waals surface area contributed by atoms with Crippen molar-refractivity contribution in [2.75, 3.05) is 0 Å². The van der Waals surface area contributed by atoms with Crippen LogP contribution in [0.2, 0.25) is 10.0 Å². The number of hydrogen-bond acceptors (Lipinski definition) is 2. The average Bonchev–Trinajstić information content (AvgIpc) is 2.55. The van der Waals surface area contributed by atoms with E-state index in [1.54, 1.807) is 18.2 Å². The lowest BCUT2D eigenvalue weighted by atomic mass is 10.0. The van der Waals surface area contributed by atoms with Crippen molar-refractivity contribution < 1.29 is 4.79 Å². The van der Waals surface area contributed by atoms with Gasteiger partial charge in [0.1, 0.15) is 0 Å². The monoisotopic (exact) mass is 300 g/mol. The molecule has 1 saturated carbocycles. The first kappa shape index (κ1) is 14.6. The highest BCUT2D eigenvalue weighted by atomic mass is 35.5. The van der Waals surface area contributed by atoms with E-state index in [0.717, 1.165) is 25.7 Å². The summed E-state index contributed by atoms with van der Waals surface area (Å²) in [5, 5.41) is 3.71. The van der Waals surface area contributed by atoms with Crippen molar-refractivity contribution in [1.82, 2.24) is 5.32 Å². The van der Waals surface area contributed by atoms with Crippen LogP contribution in [-0.2, 0) is 0 Å². The van der Waals surface area contributed by atoms with Crippen molar-refractivity contribution in [2.45, 2.75) is 44.2 Å². The van der Waals surface area contributed by atoms with Crippen LogP contribution >= 0.6 is 23.2 Å². The van der Waals surface area contributed by atoms with Gasteiger partial charge in [0, 0.05) is 12.1 Å². The smallest absolute Gasteiger partial charge is 0.254 e. The van der Waals surface area contributed by atoms with Crippen molar-refractivity contribution in [3.05, 3.63) is 33.8 Å². The van der Waals surface area contributed by atoms with E-state index in [9.17, 15) is 4.79 Å². The van der Waals surface area contributed by atoms with Crippen LogP contribution in [0, 0.1) is 0 Å². The van der Waals surface area contributed by atoms with Crippen LogP contribution in [0.3, 0.4) is 0 Å². The number of halogens is 2. The van der Waals surface area contributed by atoms with Crippen LogP contribution in [0.4, 0.5) is 0 Å². The van der Waals surface area contributed by atoms with E-state index in [1.807, 2.05) is 0 Å². The van der Waals surface area contributed by atoms with Crippen LogP contribution < -0.4 is 11.1 Å². The fourth-order valence-electron chi connectivity index (χ4n) is 2.47. The molecule has 2 unspecified atom stereocenters. The molecule has 0 aromatic heterocycles. The van der Waals surface area contributed by atoms with Gasteiger partial charge in [-0.2, -0.15) is 0 Å². The molecule has 1 aliphatic carbocycles. The Labute approximate surface area is 123 Å². The van der Waals surface area contributed by atoms with E-state index in [4.69, 9.17) is 28.9 Å². The maximum absolute atomic E-state index is 12.3. The molecule has 2 atom stereocenters. The third-order valence-corrected chi connectivity index (χ3v) is 4.21. The summed E-state index contributed by atoms with van der Waals surface area (Å²) in [6, 6.07) is 5.05. The minimum absolute atomic E-state index is 0.00217. The van der Waals surface area contributed by atoms with Crippen molar-refractivity contribution in [3.63, 3.8) is 0 Å². The molecular weight excluding hydrogens is 283 g/mol. The first-order valence-corrected chi connectivity index (χ1v) is 7.35. The molecule has 1 amide bonds. The maximum Gasteiger partial charge on any atom is 0.254 e. The van der Waals surface area contributed by atoms with E-state index in [1.165, 1.54) is 6.42 Å². The Morgan fingerprint density at radius 2 is 1.79 bits per heavy atom. The summed E-state index contributed by atoms with van der Waals surface area (Å²) in [5.41, 5.74) is 6.44. The summed E-state index contributed by atoms with van der Waals surface area (Å²) in [6.07, 6.45) is 5.25. The van der Waals surface area contributed by atoms with Crippen LogP contribution in [0.1, 0.15) is 42.5 Å². The van der Waals surface area contributed by atoms with E-state index >= 15 is 0 Å². The molecule has 3 nitrogen and oxygen atoms in total. The maximum atomic E-state index is 12.3. The molecular formula is C14H18Cl2N2O. The zero-order chi connectivity index (χ0) is 13.8. The molecule has 1 fully saturated rings. The summed E-state index contributed by atoms with van der Waals surface area (Å²) >= 11 is 12.1. The lowest BCUT2D eigenvalue weighted by Crippen LogP contribution is -2.47. The van der Waals surface area contributed by atoms with Gasteiger partial charge in [-0.1, -0.05) is 48.5 Å². The topological polar surface area (TPSA) is 55.1 Å². The molecule has 0 spiro atoms. The van der Waals surface area contributed by atoms with Gasteiger partial charge in [-0.05, 0) is 25.0 Å². The van der Waals surface area contributed by atoms with Gasteiger partial charge < -0.3 is 11.1 Å². The standard InChI is InChI=1S/C14H18Cl2N2O/c15-9-5-4-6-10(16)13(9)14(19)18-12-8-3-1-2-7-11(12)17/h4-6,11-12H,1-3,7-8,17H2,(H,18,19). The van der Waals surface area contributed by atoms with E-state index < -0.39 is 0 Å². The van der Waals surface area contributed by atoms with Gasteiger partial charge in [-0.3, -0.25) is 4.79 Å². The van der Waals surface area contributed by atoms with E-state index in [0.29, 0.717) is 15.6 Å². The van der Waals surface area contributed by atoms with E-state index in [-0.39, 0.29) is 18.0 Å². The Morgan fingerprint density at radius 1 is 1.16 bits per heavy atom. The number of benzene rings is 1. The number of hydrogen-bond donors (Lipinski definition) is 2. The highest BCUT2D eigenvalue weighted by Gasteiger charge is 2.24. The second kappa shape index (κ2) is 6.60. The normalized spacial score (nSPS) is 23.7. The van der Waals surface area contributed by atoms with Gasteiger partial charge in [0.2, 0.25) is 0 Å². The molecule has 0 saturated heterocycles. The Kier molecular flexibility index (Phi) is 5.08. The van der Waals surface area contributed by atoms with Gasteiger partial charge >= 0.3 is 0 Å². The third-order valence-electron chi connectivity index (χ3n) is 3.58. The van der Waals surface area contributed by atoms with Crippen molar-refractivity contribution in [3.8, 4) is 0 Å². The summed E-state index contributed by atoms with van der Waals surface area (Å²) in [7, 11) is 0. The fourth-order valence-corrected chi connectivity index (χ4v) is 3.04. The van der Waals surface area contributed by atoms with Crippen LogP contribution in [0.5, 0.6) is 0 Å². The van der Waals surface area contributed by atoms with Crippen molar-refractivity contribution >= 4 is 29.1 Å². The molecule has 5 heteroatoms. The Morgan fingerprint density at radius 3 is 2.47 bits per heavy atom. The van der Waals surface area contributed by atoms with Crippen molar-refractivity contribution in [2.24, 2.45) is 5.73 Å². The van der Waals surface area contributed by atoms with Gasteiger partial charge in [0.25, 0.3) is 5.91 Å². The summed E-state index contributed by atoms with van der Waals surface area (Å²) < 4.78 is 0. The predicted octanol–water partition coefficient (Wildman–Crippen LogP) is 3.38. The quantitative estimate of drug-likeness (QED) is 0.823. The lowest BCUT2D eigenvalue weighted by molar-refractivity contribution is 0.0929. The number of carbonyl (C=O) groups excluding carboxylic acids is 1.